The molecule has 2 aromatic heterocycles. The molecule has 0 aliphatic rings. The molecule has 5 nitrogen and oxygen atoms in total. The fourth-order valence-electron chi connectivity index (χ4n) is 3.14. The molecule has 0 spiro atoms. The number of ketones is 2. The number of halogens is 1. The van der Waals surface area contributed by atoms with Gasteiger partial charge in [0, 0.05) is 34.4 Å². The van der Waals surface area contributed by atoms with Crippen LogP contribution in [0.2, 0.25) is 5.02 Å². The molecular weight excluding hydrogens is 382 g/mol. The summed E-state index contributed by atoms with van der Waals surface area (Å²) in [6.07, 6.45) is 3.53. The number of imidazole rings is 1. The summed E-state index contributed by atoms with van der Waals surface area (Å²) in [6.45, 7) is 6.96. The summed E-state index contributed by atoms with van der Waals surface area (Å²) in [7, 11) is 0. The molecule has 0 radical (unpaired) electrons. The molecular formula is C20H20ClN3O2S. The first-order valence-electron chi connectivity index (χ1n) is 8.50. The predicted molar refractivity (Wildman–Crippen MR) is 108 cm³/mol. The first kappa shape index (κ1) is 19.5. The number of benzene rings is 1. The van der Waals surface area contributed by atoms with Crippen LogP contribution in [0.4, 0.5) is 0 Å². The smallest absolute Gasteiger partial charge is 0.192 e. The third-order valence-electron chi connectivity index (χ3n) is 4.38. The van der Waals surface area contributed by atoms with E-state index in [9.17, 15) is 9.59 Å². The van der Waals surface area contributed by atoms with Gasteiger partial charge in [0.2, 0.25) is 0 Å². The van der Waals surface area contributed by atoms with Gasteiger partial charge in [-0.05, 0) is 51.5 Å². The van der Waals surface area contributed by atoms with Gasteiger partial charge < -0.3 is 4.98 Å². The summed E-state index contributed by atoms with van der Waals surface area (Å²) >= 11 is 7.45. The van der Waals surface area contributed by atoms with E-state index in [0.717, 1.165) is 11.4 Å². The van der Waals surface area contributed by atoms with Gasteiger partial charge in [0.15, 0.2) is 16.7 Å². The fraction of sp³-hybridized carbons (Fsp3) is 0.250. The van der Waals surface area contributed by atoms with Crippen molar-refractivity contribution in [3.63, 3.8) is 0 Å². The lowest BCUT2D eigenvalue weighted by Crippen LogP contribution is -2.16. The Labute approximate surface area is 167 Å². The fourth-order valence-corrected chi connectivity index (χ4v) is 4.27. The van der Waals surface area contributed by atoms with Crippen LogP contribution in [-0.4, -0.2) is 31.4 Å². The zero-order valence-electron chi connectivity index (χ0n) is 15.5. The Bertz CT molecular complexity index is 1020. The van der Waals surface area contributed by atoms with E-state index in [1.807, 2.05) is 48.9 Å². The topological polar surface area (TPSA) is 67.8 Å². The number of hydrogen-bond acceptors (Lipinski definition) is 4. The van der Waals surface area contributed by atoms with E-state index in [1.165, 1.54) is 18.7 Å². The van der Waals surface area contributed by atoms with Gasteiger partial charge in [-0.3, -0.25) is 14.2 Å². The third-order valence-corrected chi connectivity index (χ3v) is 5.70. The lowest BCUT2D eigenvalue weighted by Gasteiger charge is -2.12. The SMILES string of the molecule is CC(=O)c1c(C)[nH]c(C(=O)C(C)Sc2nccn2-c2cccc(Cl)c2)c1C. The van der Waals surface area contributed by atoms with Gasteiger partial charge in [-0.25, -0.2) is 4.98 Å². The second kappa shape index (κ2) is 7.74. The van der Waals surface area contributed by atoms with Crippen LogP contribution in [0.15, 0.2) is 41.8 Å². The molecule has 0 saturated heterocycles. The Hall–Kier alpha value is -2.31. The Morgan fingerprint density at radius 3 is 2.67 bits per heavy atom. The molecule has 7 heteroatoms. The minimum Gasteiger partial charge on any atom is -0.355 e. The van der Waals surface area contributed by atoms with Crippen LogP contribution in [0.1, 0.15) is 46.0 Å². The molecule has 0 aliphatic carbocycles. The highest BCUT2D eigenvalue weighted by Crippen LogP contribution is 2.29. The van der Waals surface area contributed by atoms with E-state index >= 15 is 0 Å². The molecule has 1 N–H and O–H groups in total. The van der Waals surface area contributed by atoms with Crippen LogP contribution in [-0.2, 0) is 0 Å². The molecule has 3 aromatic rings. The Morgan fingerprint density at radius 1 is 1.30 bits per heavy atom. The highest BCUT2D eigenvalue weighted by atomic mass is 35.5. The number of carbonyl (C=O) groups is 2. The maximum absolute atomic E-state index is 13.0. The van der Waals surface area contributed by atoms with Crippen molar-refractivity contribution in [2.75, 3.05) is 0 Å². The monoisotopic (exact) mass is 401 g/mol. The molecule has 27 heavy (non-hydrogen) atoms. The van der Waals surface area contributed by atoms with Crippen LogP contribution in [0.25, 0.3) is 5.69 Å². The molecule has 1 atom stereocenters. The summed E-state index contributed by atoms with van der Waals surface area (Å²) in [6, 6.07) is 7.46. The number of carbonyl (C=O) groups excluding carboxylic acids is 2. The normalized spacial score (nSPS) is 12.2. The average molecular weight is 402 g/mol. The number of nitrogens with zero attached hydrogens (tertiary/aromatic N) is 2. The molecule has 0 aliphatic heterocycles. The Kier molecular flexibility index (Phi) is 5.58. The van der Waals surface area contributed by atoms with Crippen LogP contribution in [0.5, 0.6) is 0 Å². The number of nitrogens with one attached hydrogen (secondary N) is 1. The second-order valence-corrected chi connectivity index (χ2v) is 8.11. The predicted octanol–water partition coefficient (Wildman–Crippen LogP) is 5.04. The zero-order valence-corrected chi connectivity index (χ0v) is 17.1. The van der Waals surface area contributed by atoms with Crippen molar-refractivity contribution in [3.05, 3.63) is 64.2 Å². The minimum atomic E-state index is -0.373. The molecule has 3 rings (SSSR count). The number of thioether (sulfide) groups is 1. The number of hydrogen-bond donors (Lipinski definition) is 1. The van der Waals surface area contributed by atoms with Crippen molar-refractivity contribution in [2.24, 2.45) is 0 Å². The number of Topliss-reactive ketones (excluding diaryl/α,β-unsaturated/α-hetero) is 2. The number of H-pyrrole nitrogens is 1. The van der Waals surface area contributed by atoms with E-state index in [0.29, 0.717) is 27.0 Å². The molecule has 0 fully saturated rings. The van der Waals surface area contributed by atoms with Crippen molar-refractivity contribution in [3.8, 4) is 5.69 Å². The number of rotatable bonds is 6. The van der Waals surface area contributed by atoms with Crippen molar-refractivity contribution in [1.29, 1.82) is 0 Å². The molecule has 0 amide bonds. The highest BCUT2D eigenvalue weighted by Gasteiger charge is 2.25. The summed E-state index contributed by atoms with van der Waals surface area (Å²) in [4.78, 5) is 32.2. The highest BCUT2D eigenvalue weighted by molar-refractivity contribution is 8.00. The lowest BCUT2D eigenvalue weighted by molar-refractivity contribution is 0.0988. The summed E-state index contributed by atoms with van der Waals surface area (Å²) in [5.41, 5.74) is 3.39. The number of aromatic amines is 1. The van der Waals surface area contributed by atoms with Crippen molar-refractivity contribution >= 4 is 34.9 Å². The van der Waals surface area contributed by atoms with E-state index < -0.39 is 0 Å². The quantitative estimate of drug-likeness (QED) is 0.464. The molecule has 140 valence electrons. The van der Waals surface area contributed by atoms with Crippen molar-refractivity contribution in [1.82, 2.24) is 14.5 Å². The Morgan fingerprint density at radius 2 is 2.04 bits per heavy atom. The first-order valence-corrected chi connectivity index (χ1v) is 9.75. The van der Waals surface area contributed by atoms with Gasteiger partial charge in [0.1, 0.15) is 0 Å². The van der Waals surface area contributed by atoms with Gasteiger partial charge >= 0.3 is 0 Å². The van der Waals surface area contributed by atoms with Gasteiger partial charge in [0.05, 0.1) is 10.9 Å². The number of aromatic nitrogens is 3. The first-order chi connectivity index (χ1) is 12.8. The molecule has 0 saturated carbocycles. The molecule has 1 aromatic carbocycles. The van der Waals surface area contributed by atoms with Gasteiger partial charge in [-0.1, -0.05) is 29.4 Å². The van der Waals surface area contributed by atoms with E-state index in [-0.39, 0.29) is 16.8 Å². The average Bonchev–Trinajstić information content (AvgIpc) is 3.18. The van der Waals surface area contributed by atoms with Crippen molar-refractivity contribution < 1.29 is 9.59 Å². The lowest BCUT2D eigenvalue weighted by atomic mass is 10.0. The minimum absolute atomic E-state index is 0.0443. The number of aryl methyl sites for hydroxylation is 1. The van der Waals surface area contributed by atoms with Crippen LogP contribution < -0.4 is 0 Å². The summed E-state index contributed by atoms with van der Waals surface area (Å²) in [5, 5.41) is 0.961. The third kappa shape index (κ3) is 3.87. The van der Waals surface area contributed by atoms with Crippen molar-refractivity contribution in [2.45, 2.75) is 38.1 Å². The van der Waals surface area contributed by atoms with E-state index in [2.05, 4.69) is 9.97 Å². The van der Waals surface area contributed by atoms with Gasteiger partial charge in [-0.15, -0.1) is 0 Å². The Balaban J connectivity index is 1.86. The molecule has 0 bridgehead atoms. The summed E-state index contributed by atoms with van der Waals surface area (Å²) in [5.74, 6) is -0.106. The largest absolute Gasteiger partial charge is 0.355 e. The second-order valence-electron chi connectivity index (χ2n) is 6.37. The van der Waals surface area contributed by atoms with Crippen LogP contribution in [0.3, 0.4) is 0 Å². The van der Waals surface area contributed by atoms with E-state index in [4.69, 9.17) is 11.6 Å². The van der Waals surface area contributed by atoms with E-state index in [1.54, 1.807) is 13.1 Å². The molecule has 1 unspecified atom stereocenters. The van der Waals surface area contributed by atoms with Gasteiger partial charge in [0.25, 0.3) is 0 Å². The maximum Gasteiger partial charge on any atom is 0.192 e. The van der Waals surface area contributed by atoms with Gasteiger partial charge in [-0.2, -0.15) is 0 Å². The molecule has 2 heterocycles. The standard InChI is InChI=1S/C20H20ClN3O2S/c1-11-17(13(3)25)12(2)23-18(11)19(26)14(4)27-20-22-8-9-24(20)16-7-5-6-15(21)10-16/h5-10,14,23H,1-4H3. The summed E-state index contributed by atoms with van der Waals surface area (Å²) < 4.78 is 1.90. The van der Waals surface area contributed by atoms with Crippen LogP contribution in [0, 0.1) is 13.8 Å². The zero-order chi connectivity index (χ0) is 19.7. The van der Waals surface area contributed by atoms with Crippen LogP contribution >= 0.6 is 23.4 Å². The maximum atomic E-state index is 13.0.